The SMILES string of the molecule is CNCc1ccc2c(c1)CC(=O)N2C(=O)CC#N. The van der Waals surface area contributed by atoms with Crippen LogP contribution < -0.4 is 10.2 Å². The lowest BCUT2D eigenvalue weighted by atomic mass is 10.1. The average molecular weight is 243 g/mol. The summed E-state index contributed by atoms with van der Waals surface area (Å²) in [5, 5.41) is 11.6. The molecule has 0 fully saturated rings. The molecule has 1 aromatic rings. The van der Waals surface area contributed by atoms with E-state index in [1.807, 2.05) is 19.2 Å². The van der Waals surface area contributed by atoms with E-state index in [0.29, 0.717) is 12.2 Å². The highest BCUT2D eigenvalue weighted by atomic mass is 16.2. The molecule has 0 unspecified atom stereocenters. The molecule has 1 N–H and O–H groups in total. The summed E-state index contributed by atoms with van der Waals surface area (Å²) in [6.07, 6.45) is -0.0481. The molecule has 0 saturated heterocycles. The first-order valence-corrected chi connectivity index (χ1v) is 5.66. The van der Waals surface area contributed by atoms with E-state index in [2.05, 4.69) is 5.32 Å². The third-order valence-corrected chi connectivity index (χ3v) is 2.84. The molecule has 18 heavy (non-hydrogen) atoms. The Morgan fingerprint density at radius 1 is 1.56 bits per heavy atom. The molecule has 1 aliphatic rings. The highest BCUT2D eigenvalue weighted by Crippen LogP contribution is 2.30. The second-order valence-electron chi connectivity index (χ2n) is 4.13. The van der Waals surface area contributed by atoms with Crippen molar-refractivity contribution in [2.24, 2.45) is 0 Å². The standard InChI is InChI=1S/C13H13N3O2/c1-15-8-9-2-3-11-10(6-9)7-13(18)16(11)12(17)4-5-14/h2-3,6,15H,4,7-8H2,1H3. The van der Waals surface area contributed by atoms with Gasteiger partial charge in [0.15, 0.2) is 0 Å². The van der Waals surface area contributed by atoms with E-state index in [1.54, 1.807) is 12.1 Å². The van der Waals surface area contributed by atoms with Crippen molar-refractivity contribution >= 4 is 17.5 Å². The number of hydrogen-bond acceptors (Lipinski definition) is 4. The van der Waals surface area contributed by atoms with Gasteiger partial charge in [-0.3, -0.25) is 9.59 Å². The van der Waals surface area contributed by atoms with Crippen molar-refractivity contribution in [3.05, 3.63) is 29.3 Å². The topological polar surface area (TPSA) is 73.2 Å². The molecule has 2 amide bonds. The first-order valence-electron chi connectivity index (χ1n) is 5.66. The molecule has 0 radical (unpaired) electrons. The Kier molecular flexibility index (Phi) is 3.40. The third kappa shape index (κ3) is 2.11. The van der Waals surface area contributed by atoms with Crippen molar-refractivity contribution in [3.8, 4) is 6.07 Å². The van der Waals surface area contributed by atoms with Crippen LogP contribution in [0.1, 0.15) is 17.5 Å². The van der Waals surface area contributed by atoms with Crippen molar-refractivity contribution in [2.75, 3.05) is 11.9 Å². The van der Waals surface area contributed by atoms with E-state index in [-0.39, 0.29) is 18.7 Å². The van der Waals surface area contributed by atoms with Crippen LogP contribution in [0.4, 0.5) is 5.69 Å². The zero-order valence-electron chi connectivity index (χ0n) is 10.1. The van der Waals surface area contributed by atoms with Crippen molar-refractivity contribution in [1.29, 1.82) is 5.26 Å². The smallest absolute Gasteiger partial charge is 0.247 e. The molecule has 92 valence electrons. The molecule has 1 heterocycles. The normalized spacial score (nSPS) is 13.3. The number of amides is 2. The summed E-state index contributed by atoms with van der Waals surface area (Å²) in [6, 6.07) is 7.34. The number of nitrogens with zero attached hydrogens (tertiary/aromatic N) is 2. The monoisotopic (exact) mass is 243 g/mol. The zero-order valence-corrected chi connectivity index (χ0v) is 10.1. The van der Waals surface area contributed by atoms with Gasteiger partial charge in [0.25, 0.3) is 0 Å². The minimum Gasteiger partial charge on any atom is -0.316 e. The van der Waals surface area contributed by atoms with Crippen molar-refractivity contribution in [1.82, 2.24) is 5.32 Å². The molecule has 1 aromatic carbocycles. The Bertz CT molecular complexity index is 546. The fourth-order valence-electron chi connectivity index (χ4n) is 2.11. The van der Waals surface area contributed by atoms with Gasteiger partial charge >= 0.3 is 0 Å². The lowest BCUT2D eigenvalue weighted by Gasteiger charge is -2.14. The molecule has 0 spiro atoms. The summed E-state index contributed by atoms with van der Waals surface area (Å²) >= 11 is 0. The van der Waals surface area contributed by atoms with Crippen molar-refractivity contribution in [3.63, 3.8) is 0 Å². The van der Waals surface area contributed by atoms with Gasteiger partial charge in [-0.05, 0) is 24.2 Å². The predicted molar refractivity (Wildman–Crippen MR) is 65.6 cm³/mol. The van der Waals surface area contributed by atoms with Gasteiger partial charge in [0.05, 0.1) is 18.2 Å². The highest BCUT2D eigenvalue weighted by molar-refractivity contribution is 6.19. The van der Waals surface area contributed by atoms with Gasteiger partial charge in [-0.2, -0.15) is 5.26 Å². The van der Waals surface area contributed by atoms with Crippen LogP contribution in [0.15, 0.2) is 18.2 Å². The van der Waals surface area contributed by atoms with Crippen LogP contribution in [0.5, 0.6) is 0 Å². The van der Waals surface area contributed by atoms with Gasteiger partial charge < -0.3 is 5.32 Å². The van der Waals surface area contributed by atoms with Crippen LogP contribution >= 0.6 is 0 Å². The fraction of sp³-hybridized carbons (Fsp3) is 0.308. The Hall–Kier alpha value is -2.19. The lowest BCUT2D eigenvalue weighted by Crippen LogP contribution is -2.33. The van der Waals surface area contributed by atoms with E-state index in [1.165, 1.54) is 0 Å². The van der Waals surface area contributed by atoms with E-state index < -0.39 is 5.91 Å². The van der Waals surface area contributed by atoms with Gasteiger partial charge in [-0.25, -0.2) is 4.90 Å². The zero-order chi connectivity index (χ0) is 13.1. The Labute approximate surface area is 105 Å². The summed E-state index contributed by atoms with van der Waals surface area (Å²) in [4.78, 5) is 24.6. The lowest BCUT2D eigenvalue weighted by molar-refractivity contribution is -0.125. The highest BCUT2D eigenvalue weighted by Gasteiger charge is 2.31. The Balaban J connectivity index is 2.32. The quantitative estimate of drug-likeness (QED) is 0.849. The van der Waals surface area contributed by atoms with Gasteiger partial charge in [-0.1, -0.05) is 12.1 Å². The van der Waals surface area contributed by atoms with Crippen LogP contribution in [-0.2, 0) is 22.6 Å². The number of imide groups is 1. The number of hydrogen-bond donors (Lipinski definition) is 1. The number of benzene rings is 1. The molecule has 2 rings (SSSR count). The van der Waals surface area contributed by atoms with Crippen LogP contribution in [0.2, 0.25) is 0 Å². The molecule has 0 aliphatic carbocycles. The molecule has 5 nitrogen and oxygen atoms in total. The first kappa shape index (κ1) is 12.3. The number of rotatable bonds is 3. The third-order valence-electron chi connectivity index (χ3n) is 2.84. The maximum Gasteiger partial charge on any atom is 0.247 e. The van der Waals surface area contributed by atoms with E-state index in [4.69, 9.17) is 5.26 Å². The summed E-state index contributed by atoms with van der Waals surface area (Å²) in [7, 11) is 1.85. The number of nitriles is 1. The maximum atomic E-state index is 11.8. The molecule has 0 atom stereocenters. The largest absolute Gasteiger partial charge is 0.316 e. The molecule has 5 heteroatoms. The summed E-state index contributed by atoms with van der Waals surface area (Å²) in [6.45, 7) is 0.716. The van der Waals surface area contributed by atoms with E-state index in [0.717, 1.165) is 16.0 Å². The summed E-state index contributed by atoms with van der Waals surface area (Å²) in [5.74, 6) is -0.713. The van der Waals surface area contributed by atoms with Gasteiger partial charge in [0, 0.05) is 6.54 Å². The maximum absolute atomic E-state index is 11.8. The van der Waals surface area contributed by atoms with Crippen molar-refractivity contribution < 1.29 is 9.59 Å². The minimum atomic E-state index is -0.456. The summed E-state index contributed by atoms with van der Waals surface area (Å²) < 4.78 is 0. The second kappa shape index (κ2) is 4.98. The number of anilines is 1. The van der Waals surface area contributed by atoms with Crippen molar-refractivity contribution in [2.45, 2.75) is 19.4 Å². The van der Waals surface area contributed by atoms with E-state index >= 15 is 0 Å². The van der Waals surface area contributed by atoms with Gasteiger partial charge in [0.2, 0.25) is 11.8 Å². The molecule has 0 aromatic heterocycles. The Morgan fingerprint density at radius 3 is 3.00 bits per heavy atom. The number of carbonyl (C=O) groups is 2. The number of carbonyl (C=O) groups excluding carboxylic acids is 2. The molecule has 0 saturated carbocycles. The molecular formula is C13H13N3O2. The Morgan fingerprint density at radius 2 is 2.33 bits per heavy atom. The van der Waals surface area contributed by atoms with Gasteiger partial charge in [-0.15, -0.1) is 0 Å². The molecule has 0 bridgehead atoms. The summed E-state index contributed by atoms with van der Waals surface area (Å²) in [5.41, 5.74) is 2.53. The van der Waals surface area contributed by atoms with Crippen LogP contribution in [0.3, 0.4) is 0 Å². The number of nitrogens with one attached hydrogen (secondary N) is 1. The predicted octanol–water partition coefficient (Wildman–Crippen LogP) is 0.735. The fourth-order valence-corrected chi connectivity index (χ4v) is 2.11. The van der Waals surface area contributed by atoms with E-state index in [9.17, 15) is 9.59 Å². The van der Waals surface area contributed by atoms with Crippen LogP contribution in [0, 0.1) is 11.3 Å². The average Bonchev–Trinajstić information content (AvgIpc) is 2.65. The van der Waals surface area contributed by atoms with Crippen LogP contribution in [0.25, 0.3) is 0 Å². The second-order valence-corrected chi connectivity index (χ2v) is 4.13. The molecular weight excluding hydrogens is 230 g/mol. The van der Waals surface area contributed by atoms with Gasteiger partial charge in [0.1, 0.15) is 6.42 Å². The minimum absolute atomic E-state index is 0.226. The first-order chi connectivity index (χ1) is 8.67. The van der Waals surface area contributed by atoms with Crippen LogP contribution in [-0.4, -0.2) is 18.9 Å². The number of fused-ring (bicyclic) bond motifs is 1. The molecule has 1 aliphatic heterocycles.